The minimum Gasteiger partial charge on any atom is -0.335 e. The first kappa shape index (κ1) is 13.9. The highest BCUT2D eigenvalue weighted by Crippen LogP contribution is 2.22. The van der Waals surface area contributed by atoms with Crippen LogP contribution in [0.4, 0.5) is 0 Å². The zero-order valence-corrected chi connectivity index (χ0v) is 13.4. The number of hydrogen-bond acceptors (Lipinski definition) is 6. The molecule has 0 aliphatic carbocycles. The third-order valence-electron chi connectivity index (χ3n) is 3.27. The lowest BCUT2D eigenvalue weighted by molar-refractivity contribution is 0.190. The van der Waals surface area contributed by atoms with Crippen molar-refractivity contribution in [2.45, 2.75) is 6.04 Å². The molecule has 0 aromatic carbocycles. The molecule has 2 aromatic heterocycles. The summed E-state index contributed by atoms with van der Waals surface area (Å²) in [5.74, 6) is 1.28. The van der Waals surface area contributed by atoms with Crippen molar-refractivity contribution in [2.24, 2.45) is 0 Å². The van der Waals surface area contributed by atoms with Gasteiger partial charge < -0.3 is 9.84 Å². The van der Waals surface area contributed by atoms with E-state index in [0.717, 1.165) is 34.8 Å². The van der Waals surface area contributed by atoms with Crippen molar-refractivity contribution in [2.75, 3.05) is 26.7 Å². The molecule has 106 valence electrons. The van der Waals surface area contributed by atoms with Crippen LogP contribution in [-0.2, 0) is 0 Å². The van der Waals surface area contributed by atoms with Gasteiger partial charge in [0.15, 0.2) is 5.82 Å². The van der Waals surface area contributed by atoms with Crippen molar-refractivity contribution in [3.05, 3.63) is 32.5 Å². The third kappa shape index (κ3) is 3.17. The van der Waals surface area contributed by atoms with Gasteiger partial charge in [0.1, 0.15) is 0 Å². The largest absolute Gasteiger partial charge is 0.335 e. The van der Waals surface area contributed by atoms with Crippen molar-refractivity contribution in [1.82, 2.24) is 20.4 Å². The smallest absolute Gasteiger partial charge is 0.250 e. The lowest BCUT2D eigenvalue weighted by Crippen LogP contribution is -2.44. The van der Waals surface area contributed by atoms with Crippen molar-refractivity contribution in [3.63, 3.8) is 0 Å². The summed E-state index contributed by atoms with van der Waals surface area (Å²) in [6.45, 7) is 2.86. The monoisotopic (exact) mass is 354 g/mol. The summed E-state index contributed by atoms with van der Waals surface area (Å²) in [6.07, 6.45) is 3.82. The minimum absolute atomic E-state index is 0.185. The van der Waals surface area contributed by atoms with E-state index in [2.05, 4.69) is 54.8 Å². The molecule has 1 fully saturated rings. The predicted molar refractivity (Wildman–Crippen MR) is 83.5 cm³/mol. The Morgan fingerprint density at radius 3 is 3.20 bits per heavy atom. The molecule has 3 heterocycles. The van der Waals surface area contributed by atoms with Crippen molar-refractivity contribution >= 4 is 39.4 Å². The van der Waals surface area contributed by atoms with Crippen LogP contribution in [0.25, 0.3) is 12.2 Å². The van der Waals surface area contributed by atoms with Gasteiger partial charge in [-0.05, 0) is 46.1 Å². The standard InChI is InChI=1S/C13H15BrN4OS/c1-18-5-4-15-7-10(18)13-16-12(19-17-13)3-2-9-6-11(14)20-8-9/h2-3,6,8,10,15H,4-5,7H2,1H3/b3-2+. The Hall–Kier alpha value is -1.02. The van der Waals surface area contributed by atoms with Gasteiger partial charge in [0.05, 0.1) is 9.83 Å². The second-order valence-corrected chi connectivity index (χ2v) is 7.00. The highest BCUT2D eigenvalue weighted by atomic mass is 79.9. The van der Waals surface area contributed by atoms with Crippen molar-refractivity contribution in [1.29, 1.82) is 0 Å². The van der Waals surface area contributed by atoms with Gasteiger partial charge in [0.2, 0.25) is 0 Å². The highest BCUT2D eigenvalue weighted by Gasteiger charge is 2.24. The number of hydrogen-bond donors (Lipinski definition) is 1. The van der Waals surface area contributed by atoms with Crippen LogP contribution >= 0.6 is 27.3 Å². The topological polar surface area (TPSA) is 54.2 Å². The van der Waals surface area contributed by atoms with E-state index in [9.17, 15) is 0 Å². The molecular formula is C13H15BrN4OS. The summed E-state index contributed by atoms with van der Waals surface area (Å²) in [6, 6.07) is 2.24. The highest BCUT2D eigenvalue weighted by molar-refractivity contribution is 9.11. The zero-order chi connectivity index (χ0) is 13.9. The second kappa shape index (κ2) is 6.17. The molecule has 1 unspecified atom stereocenters. The number of thiophene rings is 1. The van der Waals surface area contributed by atoms with Crippen LogP contribution < -0.4 is 5.32 Å². The molecule has 0 amide bonds. The van der Waals surface area contributed by atoms with Crippen LogP contribution in [0.1, 0.15) is 23.3 Å². The molecule has 5 nitrogen and oxygen atoms in total. The SMILES string of the molecule is CN1CCNCC1c1noc(/C=C/c2csc(Br)c2)n1. The number of piperazine rings is 1. The van der Waals surface area contributed by atoms with Crippen LogP contribution in [0, 0.1) is 0 Å². The number of halogens is 1. The molecule has 1 aliphatic heterocycles. The average Bonchev–Trinajstić information content (AvgIpc) is 3.06. The molecule has 1 N–H and O–H groups in total. The number of nitrogens with one attached hydrogen (secondary N) is 1. The Bertz CT molecular complexity index is 609. The van der Waals surface area contributed by atoms with Crippen LogP contribution in [0.3, 0.4) is 0 Å². The van der Waals surface area contributed by atoms with Gasteiger partial charge in [0.25, 0.3) is 5.89 Å². The molecule has 1 atom stereocenters. The number of nitrogens with zero attached hydrogens (tertiary/aromatic N) is 3. The Morgan fingerprint density at radius 1 is 1.55 bits per heavy atom. The maximum atomic E-state index is 5.28. The number of likely N-dealkylation sites (N-methyl/N-ethyl adjacent to an activating group) is 1. The summed E-state index contributed by atoms with van der Waals surface area (Å²) in [4.78, 5) is 6.69. The third-order valence-corrected chi connectivity index (χ3v) is 4.80. The van der Waals surface area contributed by atoms with E-state index < -0.39 is 0 Å². The van der Waals surface area contributed by atoms with Gasteiger partial charge in [-0.1, -0.05) is 5.16 Å². The fourth-order valence-electron chi connectivity index (χ4n) is 2.12. The number of aromatic nitrogens is 2. The van der Waals surface area contributed by atoms with E-state index in [1.165, 1.54) is 0 Å². The lowest BCUT2D eigenvalue weighted by atomic mass is 10.2. The molecule has 1 saturated heterocycles. The van der Waals surface area contributed by atoms with Crippen molar-refractivity contribution < 1.29 is 4.52 Å². The summed E-state index contributed by atoms with van der Waals surface area (Å²) >= 11 is 5.09. The molecule has 1 aliphatic rings. The van der Waals surface area contributed by atoms with E-state index in [1.54, 1.807) is 11.3 Å². The fraction of sp³-hybridized carbons (Fsp3) is 0.385. The molecule has 0 spiro atoms. The quantitative estimate of drug-likeness (QED) is 0.918. The second-order valence-electron chi connectivity index (χ2n) is 4.71. The summed E-state index contributed by atoms with van der Waals surface area (Å²) in [7, 11) is 2.08. The molecule has 7 heteroatoms. The molecule has 2 aromatic rings. The van der Waals surface area contributed by atoms with Gasteiger partial charge in [-0.3, -0.25) is 4.90 Å². The minimum atomic E-state index is 0.185. The Balaban J connectivity index is 1.71. The van der Waals surface area contributed by atoms with Crippen LogP contribution in [0.15, 0.2) is 19.8 Å². The Labute approximate surface area is 129 Å². The van der Waals surface area contributed by atoms with Crippen LogP contribution in [0.5, 0.6) is 0 Å². The maximum absolute atomic E-state index is 5.28. The summed E-state index contributed by atoms with van der Waals surface area (Å²) in [5.41, 5.74) is 1.12. The normalized spacial score (nSPS) is 20.8. The van der Waals surface area contributed by atoms with Gasteiger partial charge in [-0.15, -0.1) is 11.3 Å². The molecule has 0 bridgehead atoms. The van der Waals surface area contributed by atoms with Gasteiger partial charge >= 0.3 is 0 Å². The summed E-state index contributed by atoms with van der Waals surface area (Å²) in [5, 5.41) is 9.50. The van der Waals surface area contributed by atoms with E-state index in [0.29, 0.717) is 5.89 Å². The molecule has 20 heavy (non-hydrogen) atoms. The number of rotatable bonds is 3. The molecule has 0 saturated carbocycles. The summed E-state index contributed by atoms with van der Waals surface area (Å²) < 4.78 is 6.39. The first-order valence-corrected chi connectivity index (χ1v) is 8.06. The molecule has 0 radical (unpaired) electrons. The first-order chi connectivity index (χ1) is 9.72. The Morgan fingerprint density at radius 2 is 2.45 bits per heavy atom. The van der Waals surface area contributed by atoms with E-state index in [1.807, 2.05) is 12.2 Å². The molecular weight excluding hydrogens is 340 g/mol. The van der Waals surface area contributed by atoms with Crippen molar-refractivity contribution in [3.8, 4) is 0 Å². The van der Waals surface area contributed by atoms with Gasteiger partial charge in [-0.2, -0.15) is 4.98 Å². The van der Waals surface area contributed by atoms with Crippen LogP contribution in [-0.4, -0.2) is 41.7 Å². The van der Waals surface area contributed by atoms with E-state index in [4.69, 9.17) is 4.52 Å². The van der Waals surface area contributed by atoms with Crippen LogP contribution in [0.2, 0.25) is 0 Å². The van der Waals surface area contributed by atoms with E-state index in [-0.39, 0.29) is 6.04 Å². The fourth-order valence-corrected chi connectivity index (χ4v) is 3.27. The Kier molecular flexibility index (Phi) is 4.30. The lowest BCUT2D eigenvalue weighted by Gasteiger charge is -2.30. The average molecular weight is 355 g/mol. The van der Waals surface area contributed by atoms with Gasteiger partial charge in [0, 0.05) is 25.7 Å². The first-order valence-electron chi connectivity index (χ1n) is 6.39. The van der Waals surface area contributed by atoms with E-state index >= 15 is 0 Å². The zero-order valence-electron chi connectivity index (χ0n) is 11.0. The molecule has 3 rings (SSSR count). The van der Waals surface area contributed by atoms with Gasteiger partial charge in [-0.25, -0.2) is 0 Å². The predicted octanol–water partition coefficient (Wildman–Crippen LogP) is 2.64. The maximum Gasteiger partial charge on any atom is 0.250 e.